The van der Waals surface area contributed by atoms with Crippen LogP contribution in [0.5, 0.6) is 11.5 Å². The van der Waals surface area contributed by atoms with E-state index in [2.05, 4.69) is 10.6 Å². The molecule has 0 radical (unpaired) electrons. The Balaban J connectivity index is 1.92. The van der Waals surface area contributed by atoms with E-state index in [0.717, 1.165) is 35.3 Å². The van der Waals surface area contributed by atoms with Crippen LogP contribution in [-0.2, 0) is 0 Å². The molecule has 1 aromatic carbocycles. The molecular formula is C14H20N2O2. The van der Waals surface area contributed by atoms with Crippen molar-refractivity contribution < 1.29 is 9.47 Å². The second-order valence-electron chi connectivity index (χ2n) is 5.06. The van der Waals surface area contributed by atoms with Crippen LogP contribution in [0.3, 0.4) is 0 Å². The number of nitrogens with one attached hydrogen (secondary N) is 2. The molecule has 0 saturated heterocycles. The van der Waals surface area contributed by atoms with Crippen molar-refractivity contribution in [3.63, 3.8) is 0 Å². The van der Waals surface area contributed by atoms with Crippen LogP contribution in [-0.4, -0.2) is 26.8 Å². The van der Waals surface area contributed by atoms with Gasteiger partial charge in [0, 0.05) is 24.7 Å². The van der Waals surface area contributed by atoms with Gasteiger partial charge in [0.15, 0.2) is 11.5 Å². The van der Waals surface area contributed by atoms with E-state index >= 15 is 0 Å². The summed E-state index contributed by atoms with van der Waals surface area (Å²) in [5.74, 6) is 2.41. The predicted octanol–water partition coefficient (Wildman–Crippen LogP) is 2.71. The van der Waals surface area contributed by atoms with Crippen LogP contribution < -0.4 is 20.1 Å². The van der Waals surface area contributed by atoms with Crippen LogP contribution in [0.2, 0.25) is 0 Å². The lowest BCUT2D eigenvalue weighted by molar-refractivity contribution is 0.355. The number of anilines is 2. The number of rotatable bonds is 3. The minimum absolute atomic E-state index is 0.594. The van der Waals surface area contributed by atoms with Crippen molar-refractivity contribution in [3.05, 3.63) is 12.1 Å². The Kier molecular flexibility index (Phi) is 2.94. The summed E-state index contributed by atoms with van der Waals surface area (Å²) in [6.45, 7) is 1.01. The van der Waals surface area contributed by atoms with Crippen molar-refractivity contribution in [3.8, 4) is 11.5 Å². The molecule has 1 aromatic rings. The van der Waals surface area contributed by atoms with Gasteiger partial charge in [-0.3, -0.25) is 0 Å². The first-order valence-electron chi connectivity index (χ1n) is 6.58. The summed E-state index contributed by atoms with van der Waals surface area (Å²) in [6, 6.07) is 4.63. The highest BCUT2D eigenvalue weighted by Gasteiger charge is 2.32. The zero-order valence-corrected chi connectivity index (χ0v) is 11.0. The lowest BCUT2D eigenvalue weighted by Crippen LogP contribution is -2.21. The molecule has 1 heterocycles. The van der Waals surface area contributed by atoms with Crippen molar-refractivity contribution >= 4 is 11.4 Å². The Morgan fingerprint density at radius 3 is 2.28 bits per heavy atom. The van der Waals surface area contributed by atoms with Crippen LogP contribution in [0, 0.1) is 5.92 Å². The summed E-state index contributed by atoms with van der Waals surface area (Å²) < 4.78 is 10.7. The Morgan fingerprint density at radius 1 is 1.00 bits per heavy atom. The fourth-order valence-electron chi connectivity index (χ4n) is 2.63. The molecule has 0 amide bonds. The molecule has 4 heteroatoms. The summed E-state index contributed by atoms with van der Waals surface area (Å²) in [4.78, 5) is 0. The fourth-order valence-corrected chi connectivity index (χ4v) is 2.63. The summed E-state index contributed by atoms with van der Waals surface area (Å²) >= 11 is 0. The molecule has 1 unspecified atom stereocenters. The van der Waals surface area contributed by atoms with Crippen molar-refractivity contribution in [1.29, 1.82) is 0 Å². The Morgan fingerprint density at radius 2 is 1.67 bits per heavy atom. The zero-order chi connectivity index (χ0) is 12.5. The first kappa shape index (κ1) is 11.5. The van der Waals surface area contributed by atoms with Crippen LogP contribution in [0.1, 0.15) is 19.3 Å². The van der Waals surface area contributed by atoms with Gasteiger partial charge in [-0.2, -0.15) is 0 Å². The maximum atomic E-state index is 5.36. The molecule has 1 aliphatic carbocycles. The van der Waals surface area contributed by atoms with Crippen molar-refractivity contribution in [2.75, 3.05) is 31.4 Å². The largest absolute Gasteiger partial charge is 0.493 e. The molecule has 1 atom stereocenters. The van der Waals surface area contributed by atoms with Crippen LogP contribution in [0.15, 0.2) is 12.1 Å². The van der Waals surface area contributed by atoms with Crippen LogP contribution in [0.4, 0.5) is 11.4 Å². The highest BCUT2D eigenvalue weighted by molar-refractivity contribution is 5.75. The van der Waals surface area contributed by atoms with E-state index < -0.39 is 0 Å². The monoisotopic (exact) mass is 248 g/mol. The normalized spacial score (nSPS) is 22.2. The topological polar surface area (TPSA) is 42.5 Å². The first-order valence-corrected chi connectivity index (χ1v) is 6.58. The van der Waals surface area contributed by atoms with Gasteiger partial charge < -0.3 is 20.1 Å². The molecule has 0 bridgehead atoms. The minimum Gasteiger partial charge on any atom is -0.493 e. The van der Waals surface area contributed by atoms with Gasteiger partial charge in [0.1, 0.15) is 0 Å². The van der Waals surface area contributed by atoms with Gasteiger partial charge in [-0.15, -0.1) is 0 Å². The highest BCUT2D eigenvalue weighted by atomic mass is 16.5. The third-order valence-corrected chi connectivity index (χ3v) is 3.83. The maximum absolute atomic E-state index is 5.36. The first-order chi connectivity index (χ1) is 8.81. The van der Waals surface area contributed by atoms with Gasteiger partial charge in [-0.1, -0.05) is 0 Å². The Bertz CT molecular complexity index is 444. The Hall–Kier alpha value is -1.58. The standard InChI is InChI=1S/C14H20N2O2/c1-17-13-7-11-12(8-14(13)18-2)16-10(5-6-15-11)9-3-4-9/h7-10,15-16H,3-6H2,1-2H3. The molecule has 4 nitrogen and oxygen atoms in total. The van der Waals surface area contributed by atoms with E-state index in [-0.39, 0.29) is 0 Å². The van der Waals surface area contributed by atoms with Crippen LogP contribution in [0.25, 0.3) is 0 Å². The van der Waals surface area contributed by atoms with Gasteiger partial charge in [0.2, 0.25) is 0 Å². The van der Waals surface area contributed by atoms with Gasteiger partial charge in [-0.25, -0.2) is 0 Å². The summed E-state index contributed by atoms with van der Waals surface area (Å²) in [6.07, 6.45) is 3.89. The molecule has 0 spiro atoms. The third-order valence-electron chi connectivity index (χ3n) is 3.83. The maximum Gasteiger partial charge on any atom is 0.162 e. The lowest BCUT2D eigenvalue weighted by Gasteiger charge is -2.18. The number of hydrogen-bond acceptors (Lipinski definition) is 4. The third kappa shape index (κ3) is 2.07. The van der Waals surface area contributed by atoms with Gasteiger partial charge >= 0.3 is 0 Å². The molecule has 18 heavy (non-hydrogen) atoms. The number of fused-ring (bicyclic) bond motifs is 1. The quantitative estimate of drug-likeness (QED) is 0.863. The van der Waals surface area contributed by atoms with E-state index in [1.807, 2.05) is 12.1 Å². The summed E-state index contributed by atoms with van der Waals surface area (Å²) in [5, 5.41) is 7.12. The van der Waals surface area contributed by atoms with E-state index in [1.54, 1.807) is 14.2 Å². The molecule has 1 aliphatic heterocycles. The Labute approximate surface area is 108 Å². The second kappa shape index (κ2) is 4.59. The van der Waals surface area contributed by atoms with Crippen molar-refractivity contribution in [1.82, 2.24) is 0 Å². The van der Waals surface area contributed by atoms with E-state index in [0.29, 0.717) is 6.04 Å². The van der Waals surface area contributed by atoms with E-state index in [1.165, 1.54) is 19.3 Å². The minimum atomic E-state index is 0.594. The molecule has 2 aliphatic rings. The fraction of sp³-hybridized carbons (Fsp3) is 0.571. The summed E-state index contributed by atoms with van der Waals surface area (Å²) in [7, 11) is 3.34. The molecule has 0 aromatic heterocycles. The zero-order valence-electron chi connectivity index (χ0n) is 11.0. The number of hydrogen-bond donors (Lipinski definition) is 2. The van der Waals surface area contributed by atoms with Gasteiger partial charge in [-0.05, 0) is 25.2 Å². The highest BCUT2D eigenvalue weighted by Crippen LogP contribution is 2.41. The molecular weight excluding hydrogens is 228 g/mol. The van der Waals surface area contributed by atoms with Crippen molar-refractivity contribution in [2.45, 2.75) is 25.3 Å². The molecule has 3 rings (SSSR count). The van der Waals surface area contributed by atoms with Gasteiger partial charge in [0.25, 0.3) is 0 Å². The van der Waals surface area contributed by atoms with Crippen molar-refractivity contribution in [2.24, 2.45) is 5.92 Å². The average molecular weight is 248 g/mol. The van der Waals surface area contributed by atoms with E-state index in [9.17, 15) is 0 Å². The number of methoxy groups -OCH3 is 2. The SMILES string of the molecule is COc1cc2c(cc1OC)NC(C1CC1)CCN2. The molecule has 1 saturated carbocycles. The smallest absolute Gasteiger partial charge is 0.162 e. The molecule has 1 fully saturated rings. The van der Waals surface area contributed by atoms with Crippen LogP contribution >= 0.6 is 0 Å². The molecule has 98 valence electrons. The number of benzene rings is 1. The molecule has 2 N–H and O–H groups in total. The summed E-state index contributed by atoms with van der Waals surface area (Å²) in [5.41, 5.74) is 2.23. The average Bonchev–Trinajstić information content (AvgIpc) is 3.22. The number of ether oxygens (including phenoxy) is 2. The van der Waals surface area contributed by atoms with Gasteiger partial charge in [0.05, 0.1) is 25.6 Å². The van der Waals surface area contributed by atoms with E-state index in [4.69, 9.17) is 9.47 Å². The second-order valence-corrected chi connectivity index (χ2v) is 5.06. The lowest BCUT2D eigenvalue weighted by atomic mass is 10.1. The predicted molar refractivity (Wildman–Crippen MR) is 72.8 cm³/mol.